The maximum Gasteiger partial charge on any atom is 0.218 e. The first kappa shape index (κ1) is 11.9. The number of aromatic nitrogens is 1. The van der Waals surface area contributed by atoms with Gasteiger partial charge in [0.1, 0.15) is 6.61 Å². The SMILES string of the molecule is CCOCCOc1ncccc1[C@@H](C)N. The van der Waals surface area contributed by atoms with Gasteiger partial charge in [-0.3, -0.25) is 0 Å². The van der Waals surface area contributed by atoms with Crippen LogP contribution in [0.5, 0.6) is 5.88 Å². The lowest BCUT2D eigenvalue weighted by Crippen LogP contribution is -2.12. The highest BCUT2D eigenvalue weighted by Crippen LogP contribution is 2.19. The summed E-state index contributed by atoms with van der Waals surface area (Å²) in [6.07, 6.45) is 1.70. The fourth-order valence-electron chi connectivity index (χ4n) is 1.21. The van der Waals surface area contributed by atoms with Crippen molar-refractivity contribution in [2.75, 3.05) is 19.8 Å². The van der Waals surface area contributed by atoms with Crippen LogP contribution < -0.4 is 10.5 Å². The van der Waals surface area contributed by atoms with Crippen molar-refractivity contribution in [1.29, 1.82) is 0 Å². The first-order chi connectivity index (χ1) is 7.25. The molecule has 0 aliphatic rings. The maximum absolute atomic E-state index is 5.79. The Morgan fingerprint density at radius 3 is 2.93 bits per heavy atom. The second kappa shape index (κ2) is 6.37. The molecule has 0 aliphatic carbocycles. The summed E-state index contributed by atoms with van der Waals surface area (Å²) in [7, 11) is 0. The lowest BCUT2D eigenvalue weighted by molar-refractivity contribution is 0.108. The van der Waals surface area contributed by atoms with Gasteiger partial charge in [-0.15, -0.1) is 0 Å². The average Bonchev–Trinajstić information content (AvgIpc) is 2.25. The van der Waals surface area contributed by atoms with Gasteiger partial charge in [0, 0.05) is 24.4 Å². The number of nitrogens with two attached hydrogens (primary N) is 1. The summed E-state index contributed by atoms with van der Waals surface area (Å²) in [4.78, 5) is 4.14. The molecule has 0 aliphatic heterocycles. The topological polar surface area (TPSA) is 57.4 Å². The summed E-state index contributed by atoms with van der Waals surface area (Å²) >= 11 is 0. The van der Waals surface area contributed by atoms with Crippen molar-refractivity contribution >= 4 is 0 Å². The van der Waals surface area contributed by atoms with E-state index in [1.165, 1.54) is 0 Å². The lowest BCUT2D eigenvalue weighted by atomic mass is 10.1. The van der Waals surface area contributed by atoms with Crippen molar-refractivity contribution in [3.05, 3.63) is 23.9 Å². The van der Waals surface area contributed by atoms with E-state index in [0.29, 0.717) is 25.7 Å². The molecular weight excluding hydrogens is 192 g/mol. The highest BCUT2D eigenvalue weighted by atomic mass is 16.5. The summed E-state index contributed by atoms with van der Waals surface area (Å²) in [5, 5.41) is 0. The average molecular weight is 210 g/mol. The van der Waals surface area contributed by atoms with Crippen LogP contribution in [0.25, 0.3) is 0 Å². The Balaban J connectivity index is 2.52. The van der Waals surface area contributed by atoms with Gasteiger partial charge in [0.05, 0.1) is 6.61 Å². The fourth-order valence-corrected chi connectivity index (χ4v) is 1.21. The number of nitrogens with zero attached hydrogens (tertiary/aromatic N) is 1. The zero-order chi connectivity index (χ0) is 11.1. The molecule has 0 radical (unpaired) electrons. The quantitative estimate of drug-likeness (QED) is 0.723. The van der Waals surface area contributed by atoms with Gasteiger partial charge >= 0.3 is 0 Å². The van der Waals surface area contributed by atoms with Crippen LogP contribution in [0.1, 0.15) is 25.5 Å². The zero-order valence-corrected chi connectivity index (χ0v) is 9.27. The van der Waals surface area contributed by atoms with Crippen LogP contribution in [-0.2, 0) is 4.74 Å². The summed E-state index contributed by atoms with van der Waals surface area (Å²) in [5.41, 5.74) is 6.72. The van der Waals surface area contributed by atoms with Gasteiger partial charge < -0.3 is 15.2 Å². The molecule has 0 saturated heterocycles. The standard InChI is InChI=1S/C11H18N2O2/c1-3-14-7-8-15-11-10(9(2)12)5-4-6-13-11/h4-6,9H,3,7-8,12H2,1-2H3/t9-/m1/s1. The summed E-state index contributed by atoms with van der Waals surface area (Å²) in [6.45, 7) is 5.64. The molecule has 0 amide bonds. The molecule has 0 saturated carbocycles. The van der Waals surface area contributed by atoms with Crippen LogP contribution in [0.2, 0.25) is 0 Å². The molecule has 2 N–H and O–H groups in total. The molecule has 0 unspecified atom stereocenters. The number of rotatable bonds is 6. The van der Waals surface area contributed by atoms with Crippen LogP contribution in [0.15, 0.2) is 18.3 Å². The summed E-state index contributed by atoms with van der Waals surface area (Å²) in [6, 6.07) is 3.71. The summed E-state index contributed by atoms with van der Waals surface area (Å²) in [5.74, 6) is 0.604. The normalized spacial score (nSPS) is 12.5. The van der Waals surface area contributed by atoms with Gasteiger partial charge in [0.2, 0.25) is 5.88 Å². The first-order valence-corrected chi connectivity index (χ1v) is 5.16. The summed E-state index contributed by atoms with van der Waals surface area (Å²) < 4.78 is 10.7. The van der Waals surface area contributed by atoms with Crippen molar-refractivity contribution in [3.8, 4) is 5.88 Å². The Hall–Kier alpha value is -1.13. The van der Waals surface area contributed by atoms with E-state index in [0.717, 1.165) is 5.56 Å². The molecule has 1 atom stereocenters. The van der Waals surface area contributed by atoms with Crippen molar-refractivity contribution in [2.45, 2.75) is 19.9 Å². The maximum atomic E-state index is 5.79. The fraction of sp³-hybridized carbons (Fsp3) is 0.545. The Kier molecular flexibility index (Phi) is 5.07. The van der Waals surface area contributed by atoms with E-state index in [2.05, 4.69) is 4.98 Å². The van der Waals surface area contributed by atoms with Crippen molar-refractivity contribution in [3.63, 3.8) is 0 Å². The predicted molar refractivity (Wildman–Crippen MR) is 58.8 cm³/mol. The minimum absolute atomic E-state index is 0.0687. The van der Waals surface area contributed by atoms with E-state index >= 15 is 0 Å². The minimum atomic E-state index is -0.0687. The molecule has 15 heavy (non-hydrogen) atoms. The van der Waals surface area contributed by atoms with Crippen LogP contribution in [0.4, 0.5) is 0 Å². The molecule has 0 spiro atoms. The van der Waals surface area contributed by atoms with E-state index in [9.17, 15) is 0 Å². The monoisotopic (exact) mass is 210 g/mol. The molecule has 84 valence electrons. The molecule has 1 heterocycles. The largest absolute Gasteiger partial charge is 0.475 e. The lowest BCUT2D eigenvalue weighted by Gasteiger charge is -2.12. The third-order valence-electron chi connectivity index (χ3n) is 1.96. The smallest absolute Gasteiger partial charge is 0.218 e. The third kappa shape index (κ3) is 3.85. The van der Waals surface area contributed by atoms with Crippen molar-refractivity contribution in [1.82, 2.24) is 4.98 Å². The number of hydrogen-bond acceptors (Lipinski definition) is 4. The Labute approximate surface area is 90.4 Å². The second-order valence-electron chi connectivity index (χ2n) is 3.23. The Morgan fingerprint density at radius 1 is 1.47 bits per heavy atom. The third-order valence-corrected chi connectivity index (χ3v) is 1.96. The Morgan fingerprint density at radius 2 is 2.27 bits per heavy atom. The van der Waals surface area contributed by atoms with Crippen LogP contribution >= 0.6 is 0 Å². The zero-order valence-electron chi connectivity index (χ0n) is 9.27. The minimum Gasteiger partial charge on any atom is -0.475 e. The number of ether oxygens (including phenoxy) is 2. The van der Waals surface area contributed by atoms with Crippen LogP contribution in [-0.4, -0.2) is 24.8 Å². The van der Waals surface area contributed by atoms with Gasteiger partial charge in [0.15, 0.2) is 0 Å². The predicted octanol–water partition coefficient (Wildman–Crippen LogP) is 1.52. The molecular formula is C11H18N2O2. The molecule has 0 bridgehead atoms. The van der Waals surface area contributed by atoms with E-state index < -0.39 is 0 Å². The molecule has 0 fully saturated rings. The van der Waals surface area contributed by atoms with Crippen LogP contribution in [0.3, 0.4) is 0 Å². The van der Waals surface area contributed by atoms with Gasteiger partial charge in [0.25, 0.3) is 0 Å². The van der Waals surface area contributed by atoms with Crippen LogP contribution in [0, 0.1) is 0 Å². The van der Waals surface area contributed by atoms with Gasteiger partial charge in [-0.2, -0.15) is 0 Å². The van der Waals surface area contributed by atoms with Crippen molar-refractivity contribution < 1.29 is 9.47 Å². The Bertz CT molecular complexity index is 290. The van der Waals surface area contributed by atoms with Gasteiger partial charge in [-0.25, -0.2) is 4.98 Å². The molecule has 1 aromatic heterocycles. The number of hydrogen-bond donors (Lipinski definition) is 1. The molecule has 0 aromatic carbocycles. The van der Waals surface area contributed by atoms with Crippen molar-refractivity contribution in [2.24, 2.45) is 5.73 Å². The van der Waals surface area contributed by atoms with E-state index in [-0.39, 0.29) is 6.04 Å². The highest BCUT2D eigenvalue weighted by Gasteiger charge is 2.07. The van der Waals surface area contributed by atoms with E-state index in [4.69, 9.17) is 15.2 Å². The van der Waals surface area contributed by atoms with Gasteiger partial charge in [-0.05, 0) is 19.9 Å². The van der Waals surface area contributed by atoms with E-state index in [1.54, 1.807) is 6.20 Å². The van der Waals surface area contributed by atoms with E-state index in [1.807, 2.05) is 26.0 Å². The number of pyridine rings is 1. The molecule has 4 heteroatoms. The molecule has 1 aromatic rings. The molecule has 1 rings (SSSR count). The second-order valence-corrected chi connectivity index (χ2v) is 3.23. The first-order valence-electron chi connectivity index (χ1n) is 5.16. The van der Waals surface area contributed by atoms with Gasteiger partial charge in [-0.1, -0.05) is 6.07 Å². The molecule has 4 nitrogen and oxygen atoms in total. The highest BCUT2D eigenvalue weighted by molar-refractivity contribution is 5.27.